The maximum atomic E-state index is 12.0. The Hall–Kier alpha value is -2.53. The number of carbonyl (C=O) groups excluding carboxylic acids is 1. The van der Waals surface area contributed by atoms with Crippen molar-refractivity contribution in [3.05, 3.63) is 52.5 Å². The summed E-state index contributed by atoms with van der Waals surface area (Å²) < 4.78 is 5.13. The van der Waals surface area contributed by atoms with Crippen LogP contribution < -0.4 is 0 Å². The van der Waals surface area contributed by atoms with Gasteiger partial charge in [-0.2, -0.15) is 0 Å². The van der Waals surface area contributed by atoms with Crippen LogP contribution >= 0.6 is 11.6 Å². The molecule has 120 valence electrons. The Morgan fingerprint density at radius 3 is 2.57 bits per heavy atom. The smallest absolute Gasteiger partial charge is 0.339 e. The van der Waals surface area contributed by atoms with E-state index in [1.807, 2.05) is 0 Å². The van der Waals surface area contributed by atoms with E-state index < -0.39 is 5.97 Å². The molecule has 0 amide bonds. The minimum absolute atomic E-state index is 0.202. The van der Waals surface area contributed by atoms with Gasteiger partial charge in [0, 0.05) is 6.21 Å². The van der Waals surface area contributed by atoms with Crippen LogP contribution in [-0.4, -0.2) is 28.5 Å². The van der Waals surface area contributed by atoms with Crippen molar-refractivity contribution in [2.45, 2.75) is 20.0 Å². The highest BCUT2D eigenvalue weighted by Crippen LogP contribution is 2.26. The number of hydrogen-bond donors (Lipinski definition) is 2. The van der Waals surface area contributed by atoms with Gasteiger partial charge >= 0.3 is 5.97 Å². The van der Waals surface area contributed by atoms with Crippen LogP contribution in [0.5, 0.6) is 11.5 Å². The number of phenols is 2. The number of aromatic hydroxyl groups is 2. The lowest BCUT2D eigenvalue weighted by Gasteiger charge is -2.09. The Morgan fingerprint density at radius 2 is 1.91 bits per heavy atom. The van der Waals surface area contributed by atoms with Gasteiger partial charge in [0.05, 0.1) is 22.4 Å². The van der Waals surface area contributed by atoms with E-state index in [0.717, 1.165) is 0 Å². The first-order valence-corrected chi connectivity index (χ1v) is 7.31. The number of benzene rings is 2. The van der Waals surface area contributed by atoms with Crippen LogP contribution in [0.15, 0.2) is 41.4 Å². The molecular formula is C17H16ClNO4. The molecule has 0 saturated carbocycles. The summed E-state index contributed by atoms with van der Waals surface area (Å²) in [5, 5.41) is 19.0. The Balaban J connectivity index is 2.25. The maximum absolute atomic E-state index is 12.0. The Labute approximate surface area is 138 Å². The molecule has 0 aliphatic heterocycles. The lowest BCUT2D eigenvalue weighted by molar-refractivity contribution is 0.0378. The van der Waals surface area contributed by atoms with Crippen LogP contribution in [0.2, 0.25) is 5.02 Å². The number of phenolic OH excluding ortho intramolecular Hbond substituents is 2. The van der Waals surface area contributed by atoms with Crippen molar-refractivity contribution in [1.82, 2.24) is 0 Å². The highest BCUT2D eigenvalue weighted by atomic mass is 35.5. The average Bonchev–Trinajstić information content (AvgIpc) is 2.49. The van der Waals surface area contributed by atoms with Gasteiger partial charge in [0.1, 0.15) is 0 Å². The fraction of sp³-hybridized carbons (Fsp3) is 0.176. The molecule has 5 nitrogen and oxygen atoms in total. The Bertz CT molecular complexity index is 756. The fourth-order valence-electron chi connectivity index (χ4n) is 1.80. The van der Waals surface area contributed by atoms with Crippen molar-refractivity contribution < 1.29 is 19.7 Å². The fourth-order valence-corrected chi connectivity index (χ4v) is 1.99. The molecule has 2 rings (SSSR count). The van der Waals surface area contributed by atoms with Gasteiger partial charge in [0.15, 0.2) is 11.5 Å². The van der Waals surface area contributed by atoms with Crippen molar-refractivity contribution in [2.75, 3.05) is 0 Å². The molecule has 2 aromatic rings. The Kier molecular flexibility index (Phi) is 5.24. The van der Waals surface area contributed by atoms with Gasteiger partial charge < -0.3 is 14.9 Å². The standard InChI is InChI=1S/C17H16ClNO4/c1-10(2)23-17(22)13-8-12(4-5-14(13)18)19-9-11-3-6-15(20)16(21)7-11/h3-10,20-21H,1-2H3. The van der Waals surface area contributed by atoms with Gasteiger partial charge in [-0.25, -0.2) is 4.79 Å². The molecule has 0 heterocycles. The van der Waals surface area contributed by atoms with Crippen LogP contribution in [-0.2, 0) is 4.74 Å². The molecule has 0 unspecified atom stereocenters. The predicted octanol–water partition coefficient (Wildman–Crippen LogP) is 4.07. The monoisotopic (exact) mass is 333 g/mol. The lowest BCUT2D eigenvalue weighted by Crippen LogP contribution is -2.11. The molecule has 0 aromatic heterocycles. The van der Waals surface area contributed by atoms with Gasteiger partial charge in [-0.3, -0.25) is 4.99 Å². The molecule has 0 radical (unpaired) electrons. The molecule has 6 heteroatoms. The summed E-state index contributed by atoms with van der Waals surface area (Å²) in [5.41, 5.74) is 1.35. The molecule has 23 heavy (non-hydrogen) atoms. The first-order valence-electron chi connectivity index (χ1n) is 6.93. The Morgan fingerprint density at radius 1 is 1.17 bits per heavy atom. The summed E-state index contributed by atoms with van der Waals surface area (Å²) in [6.45, 7) is 3.51. The van der Waals surface area contributed by atoms with Crippen LogP contribution in [0.4, 0.5) is 5.69 Å². The molecule has 0 aliphatic rings. The number of aliphatic imine (C=N–C) groups is 1. The molecule has 2 aromatic carbocycles. The average molecular weight is 334 g/mol. The minimum Gasteiger partial charge on any atom is -0.504 e. The molecule has 0 fully saturated rings. The number of carbonyl (C=O) groups is 1. The van der Waals surface area contributed by atoms with Crippen molar-refractivity contribution in [3.8, 4) is 11.5 Å². The largest absolute Gasteiger partial charge is 0.504 e. The van der Waals surface area contributed by atoms with E-state index in [1.165, 1.54) is 24.4 Å². The highest BCUT2D eigenvalue weighted by molar-refractivity contribution is 6.33. The first kappa shape index (κ1) is 16.8. The highest BCUT2D eigenvalue weighted by Gasteiger charge is 2.14. The zero-order valence-corrected chi connectivity index (χ0v) is 13.4. The van der Waals surface area contributed by atoms with E-state index in [0.29, 0.717) is 11.3 Å². The normalized spacial score (nSPS) is 11.1. The summed E-state index contributed by atoms with van der Waals surface area (Å²) >= 11 is 6.02. The van der Waals surface area contributed by atoms with Crippen molar-refractivity contribution in [1.29, 1.82) is 0 Å². The van der Waals surface area contributed by atoms with Gasteiger partial charge in [0.25, 0.3) is 0 Å². The van der Waals surface area contributed by atoms with Gasteiger partial charge in [-0.05, 0) is 55.8 Å². The quantitative estimate of drug-likeness (QED) is 0.502. The number of nitrogens with zero attached hydrogens (tertiary/aromatic N) is 1. The zero-order valence-electron chi connectivity index (χ0n) is 12.7. The van der Waals surface area contributed by atoms with Gasteiger partial charge in [0.2, 0.25) is 0 Å². The van der Waals surface area contributed by atoms with Crippen LogP contribution in [0.25, 0.3) is 0 Å². The number of esters is 1. The van der Waals surface area contributed by atoms with E-state index in [-0.39, 0.29) is 28.2 Å². The topological polar surface area (TPSA) is 79.1 Å². The third kappa shape index (κ3) is 4.47. The lowest BCUT2D eigenvalue weighted by atomic mass is 10.2. The molecule has 0 saturated heterocycles. The van der Waals surface area contributed by atoms with E-state index in [1.54, 1.807) is 32.0 Å². The number of halogens is 1. The van der Waals surface area contributed by atoms with E-state index in [9.17, 15) is 15.0 Å². The van der Waals surface area contributed by atoms with Gasteiger partial charge in [-0.1, -0.05) is 11.6 Å². The summed E-state index contributed by atoms with van der Waals surface area (Å²) in [6.07, 6.45) is 1.26. The third-order valence-corrected chi connectivity index (χ3v) is 3.20. The minimum atomic E-state index is -0.510. The van der Waals surface area contributed by atoms with E-state index >= 15 is 0 Å². The SMILES string of the molecule is CC(C)OC(=O)c1cc(N=Cc2ccc(O)c(O)c2)ccc1Cl. The van der Waals surface area contributed by atoms with Crippen molar-refractivity contribution in [3.63, 3.8) is 0 Å². The van der Waals surface area contributed by atoms with Crippen LogP contribution in [0.3, 0.4) is 0 Å². The van der Waals surface area contributed by atoms with E-state index in [2.05, 4.69) is 4.99 Å². The second kappa shape index (κ2) is 7.15. The summed E-state index contributed by atoms with van der Waals surface area (Å²) in [4.78, 5) is 16.2. The molecule has 0 spiro atoms. The second-order valence-corrected chi connectivity index (χ2v) is 5.53. The number of hydrogen-bond acceptors (Lipinski definition) is 5. The molecule has 0 aliphatic carbocycles. The van der Waals surface area contributed by atoms with Crippen LogP contribution in [0.1, 0.15) is 29.8 Å². The third-order valence-electron chi connectivity index (χ3n) is 2.87. The van der Waals surface area contributed by atoms with Gasteiger partial charge in [-0.15, -0.1) is 0 Å². The number of rotatable bonds is 4. The summed E-state index contributed by atoms with van der Waals surface area (Å²) in [5.74, 6) is -0.942. The van der Waals surface area contributed by atoms with Crippen molar-refractivity contribution in [2.24, 2.45) is 4.99 Å². The second-order valence-electron chi connectivity index (χ2n) is 5.12. The van der Waals surface area contributed by atoms with Crippen molar-refractivity contribution >= 4 is 29.5 Å². The molecule has 2 N–H and O–H groups in total. The summed E-state index contributed by atoms with van der Waals surface area (Å²) in [7, 11) is 0. The zero-order chi connectivity index (χ0) is 17.0. The first-order chi connectivity index (χ1) is 10.9. The van der Waals surface area contributed by atoms with E-state index in [4.69, 9.17) is 16.3 Å². The maximum Gasteiger partial charge on any atom is 0.339 e. The molecular weight excluding hydrogens is 318 g/mol. The molecule has 0 bridgehead atoms. The molecule has 0 atom stereocenters. The summed E-state index contributed by atoms with van der Waals surface area (Å²) in [6, 6.07) is 9.10. The predicted molar refractivity (Wildman–Crippen MR) is 89.0 cm³/mol. The van der Waals surface area contributed by atoms with Crippen LogP contribution in [0, 0.1) is 0 Å². The number of ether oxygens (including phenoxy) is 1.